The van der Waals surface area contributed by atoms with Crippen molar-refractivity contribution in [2.24, 2.45) is 0 Å². The molecule has 4 heterocycles. The Labute approximate surface area is 238 Å². The van der Waals surface area contributed by atoms with Crippen molar-refractivity contribution < 1.29 is 14.3 Å². The average molecular weight is 564 g/mol. The van der Waals surface area contributed by atoms with Crippen molar-refractivity contribution >= 4 is 45.6 Å². The first-order valence-corrected chi connectivity index (χ1v) is 14.2. The summed E-state index contributed by atoms with van der Waals surface area (Å²) in [5, 5.41) is 17.2. The summed E-state index contributed by atoms with van der Waals surface area (Å²) in [5.41, 5.74) is 4.44. The maximum absolute atomic E-state index is 12.3. The van der Waals surface area contributed by atoms with E-state index < -0.39 is 0 Å². The van der Waals surface area contributed by atoms with E-state index in [1.807, 2.05) is 71.6 Å². The molecule has 4 aromatic rings. The lowest BCUT2D eigenvalue weighted by molar-refractivity contribution is -0.120. The molecule has 0 spiro atoms. The molecule has 1 unspecified atom stereocenters. The fourth-order valence-corrected chi connectivity index (χ4v) is 5.54. The summed E-state index contributed by atoms with van der Waals surface area (Å²) in [6.07, 6.45) is 6.88. The third kappa shape index (κ3) is 5.21. The van der Waals surface area contributed by atoms with Crippen LogP contribution in [0.25, 0.3) is 16.6 Å². The first kappa shape index (κ1) is 26.5. The van der Waals surface area contributed by atoms with Gasteiger partial charge in [-0.25, -0.2) is 9.36 Å². The van der Waals surface area contributed by atoms with Gasteiger partial charge in [-0.2, -0.15) is 5.10 Å². The Bertz CT molecular complexity index is 1540. The lowest BCUT2D eigenvalue weighted by Gasteiger charge is -2.31. The van der Waals surface area contributed by atoms with Crippen molar-refractivity contribution in [1.29, 1.82) is 0 Å². The van der Waals surface area contributed by atoms with E-state index in [1.54, 1.807) is 6.20 Å². The zero-order chi connectivity index (χ0) is 27.8. The van der Waals surface area contributed by atoms with Crippen molar-refractivity contribution in [2.45, 2.75) is 52.3 Å². The fourth-order valence-electron chi connectivity index (χ4n) is 5.29. The van der Waals surface area contributed by atoms with Crippen LogP contribution in [0, 0.1) is 6.92 Å². The summed E-state index contributed by atoms with van der Waals surface area (Å²) in [5.74, 6) is 1.43. The molecular weight excluding hydrogens is 530 g/mol. The third-order valence-corrected chi connectivity index (χ3v) is 7.65. The van der Waals surface area contributed by atoms with E-state index in [2.05, 4.69) is 15.7 Å². The molecule has 6 rings (SSSR count). The predicted molar refractivity (Wildman–Crippen MR) is 156 cm³/mol. The summed E-state index contributed by atoms with van der Waals surface area (Å²) < 4.78 is 15.6. The molecule has 210 valence electrons. The van der Waals surface area contributed by atoms with E-state index in [0.29, 0.717) is 30.5 Å². The number of fused-ring (bicyclic) bond motifs is 2. The summed E-state index contributed by atoms with van der Waals surface area (Å²) in [6, 6.07) is 10.0. The van der Waals surface area contributed by atoms with Crippen molar-refractivity contribution in [1.82, 2.24) is 24.9 Å². The number of benzene rings is 2. The van der Waals surface area contributed by atoms with Gasteiger partial charge in [0.05, 0.1) is 46.9 Å². The molecule has 0 bridgehead atoms. The van der Waals surface area contributed by atoms with Crippen LogP contribution in [0.3, 0.4) is 0 Å². The number of anilines is 3. The van der Waals surface area contributed by atoms with Crippen LogP contribution in [0.2, 0.25) is 5.02 Å². The minimum absolute atomic E-state index is 0.00291. The summed E-state index contributed by atoms with van der Waals surface area (Å²) in [7, 11) is 0. The number of ether oxygens (including phenoxy) is 2. The van der Waals surface area contributed by atoms with Crippen LogP contribution in [0.4, 0.5) is 17.2 Å². The van der Waals surface area contributed by atoms with Crippen LogP contribution in [0.1, 0.15) is 44.9 Å². The number of rotatable bonds is 7. The number of carbonyl (C=O) groups excluding carboxylic acids is 1. The topological polar surface area (TPSA) is 98.5 Å². The van der Waals surface area contributed by atoms with E-state index in [-0.39, 0.29) is 18.2 Å². The van der Waals surface area contributed by atoms with Gasteiger partial charge in [-0.3, -0.25) is 4.79 Å². The predicted octanol–water partition coefficient (Wildman–Crippen LogP) is 5.35. The first-order valence-electron chi connectivity index (χ1n) is 13.8. The molecular formula is C29H34ClN7O3. The largest absolute Gasteiger partial charge is 0.489 e. The maximum Gasteiger partial charge on any atom is 0.239 e. The molecule has 1 amide bonds. The fraction of sp³-hybridized carbons (Fsp3) is 0.414. The molecule has 40 heavy (non-hydrogen) atoms. The Morgan fingerprint density at radius 2 is 2.08 bits per heavy atom. The summed E-state index contributed by atoms with van der Waals surface area (Å²) in [6.45, 7) is 8.14. The van der Waals surface area contributed by atoms with E-state index >= 15 is 0 Å². The number of aromatic nitrogens is 4. The van der Waals surface area contributed by atoms with Crippen molar-refractivity contribution in [3.8, 4) is 11.4 Å². The standard InChI is InChI=1S/C29H34ClN7O3/c1-18(2)32-26(38)17-35-11-13-39-25-14-20(7-9-24(25)35)36-16-19(3)29(34-36)33-22-8-10-23-21(28(22)30)15-31-37(23)27-6-4-5-12-40-27/h7-10,14-16,18,27H,4-6,11-13,17H2,1-3H3,(H,32,38)(H,33,34). The Morgan fingerprint density at radius 1 is 1.20 bits per heavy atom. The molecule has 0 saturated carbocycles. The Balaban J connectivity index is 1.22. The molecule has 1 fully saturated rings. The monoisotopic (exact) mass is 563 g/mol. The summed E-state index contributed by atoms with van der Waals surface area (Å²) >= 11 is 6.84. The number of hydrogen-bond acceptors (Lipinski definition) is 7. The lowest BCUT2D eigenvalue weighted by Crippen LogP contribution is -2.43. The maximum atomic E-state index is 12.3. The zero-order valence-electron chi connectivity index (χ0n) is 23.0. The normalized spacial score (nSPS) is 17.1. The highest BCUT2D eigenvalue weighted by molar-refractivity contribution is 6.38. The quantitative estimate of drug-likeness (QED) is 0.313. The minimum atomic E-state index is -0.0519. The Kier molecular flexibility index (Phi) is 7.29. The van der Waals surface area contributed by atoms with Crippen molar-refractivity contribution in [3.05, 3.63) is 53.3 Å². The molecule has 2 aromatic carbocycles. The Hall–Kier alpha value is -3.76. The van der Waals surface area contributed by atoms with Gasteiger partial charge in [0.15, 0.2) is 12.0 Å². The van der Waals surface area contributed by atoms with Gasteiger partial charge in [0.25, 0.3) is 0 Å². The highest BCUT2D eigenvalue weighted by atomic mass is 35.5. The highest BCUT2D eigenvalue weighted by Gasteiger charge is 2.23. The molecule has 2 aliphatic heterocycles. The van der Waals surface area contributed by atoms with E-state index in [4.69, 9.17) is 26.2 Å². The van der Waals surface area contributed by atoms with Crippen LogP contribution in [-0.4, -0.2) is 57.8 Å². The van der Waals surface area contributed by atoms with Gasteiger partial charge in [-0.1, -0.05) is 11.6 Å². The number of amides is 1. The molecule has 0 radical (unpaired) electrons. The number of halogens is 1. The molecule has 10 nitrogen and oxygen atoms in total. The van der Waals surface area contributed by atoms with Gasteiger partial charge in [0.1, 0.15) is 12.4 Å². The summed E-state index contributed by atoms with van der Waals surface area (Å²) in [4.78, 5) is 14.4. The number of nitrogens with one attached hydrogen (secondary N) is 2. The first-order chi connectivity index (χ1) is 19.4. The molecule has 2 aliphatic rings. The van der Waals surface area contributed by atoms with E-state index in [1.165, 1.54) is 0 Å². The molecule has 2 aromatic heterocycles. The number of hydrogen-bond donors (Lipinski definition) is 2. The average Bonchev–Trinajstić information content (AvgIpc) is 3.54. The second-order valence-electron chi connectivity index (χ2n) is 10.6. The van der Waals surface area contributed by atoms with Crippen LogP contribution in [-0.2, 0) is 9.53 Å². The van der Waals surface area contributed by atoms with Gasteiger partial charge in [-0.15, -0.1) is 5.10 Å². The molecule has 11 heteroatoms. The van der Waals surface area contributed by atoms with E-state index in [9.17, 15) is 4.79 Å². The van der Waals surface area contributed by atoms with Gasteiger partial charge >= 0.3 is 0 Å². The van der Waals surface area contributed by atoms with Gasteiger partial charge in [0.2, 0.25) is 5.91 Å². The van der Waals surface area contributed by atoms with Gasteiger partial charge in [0, 0.05) is 35.9 Å². The molecule has 2 N–H and O–H groups in total. The number of carbonyl (C=O) groups is 1. The van der Waals surface area contributed by atoms with Gasteiger partial charge < -0.3 is 25.0 Å². The van der Waals surface area contributed by atoms with Crippen LogP contribution < -0.4 is 20.3 Å². The minimum Gasteiger partial charge on any atom is -0.489 e. The molecule has 1 saturated heterocycles. The van der Waals surface area contributed by atoms with Crippen LogP contribution >= 0.6 is 11.6 Å². The van der Waals surface area contributed by atoms with Crippen LogP contribution in [0.15, 0.2) is 42.7 Å². The SMILES string of the molecule is Cc1cn(-c2ccc3c(c2)OCCN3CC(=O)NC(C)C)nc1Nc1ccc2c(cnn2C2CCCCO2)c1Cl. The van der Waals surface area contributed by atoms with Crippen molar-refractivity contribution in [2.75, 3.05) is 36.5 Å². The van der Waals surface area contributed by atoms with E-state index in [0.717, 1.165) is 65.1 Å². The second-order valence-corrected chi connectivity index (χ2v) is 11.0. The van der Waals surface area contributed by atoms with Crippen LogP contribution in [0.5, 0.6) is 5.75 Å². The van der Waals surface area contributed by atoms with Gasteiger partial charge in [-0.05, 0) is 64.3 Å². The smallest absolute Gasteiger partial charge is 0.239 e. The zero-order valence-corrected chi connectivity index (χ0v) is 23.7. The second kappa shape index (κ2) is 11.0. The molecule has 0 aliphatic carbocycles. The lowest BCUT2D eigenvalue weighted by atomic mass is 10.2. The Morgan fingerprint density at radius 3 is 2.88 bits per heavy atom. The number of aryl methyl sites for hydroxylation is 1. The molecule has 1 atom stereocenters. The number of nitrogens with zero attached hydrogens (tertiary/aromatic N) is 5. The third-order valence-electron chi connectivity index (χ3n) is 7.25. The highest BCUT2D eigenvalue weighted by Crippen LogP contribution is 2.37. The van der Waals surface area contributed by atoms with Crippen molar-refractivity contribution in [3.63, 3.8) is 0 Å².